The van der Waals surface area contributed by atoms with E-state index in [1.165, 1.54) is 87.7 Å². The van der Waals surface area contributed by atoms with Crippen molar-refractivity contribution in [3.63, 3.8) is 0 Å². The first-order valence-electron chi connectivity index (χ1n) is 24.9. The molecule has 1 aliphatic rings. The van der Waals surface area contributed by atoms with Crippen LogP contribution in [-0.2, 0) is 0 Å². The number of pyridine rings is 1. The maximum atomic E-state index is 5.73. The summed E-state index contributed by atoms with van der Waals surface area (Å²) in [7, 11) is 2.23. The first-order valence-corrected chi connectivity index (χ1v) is 24.9. The van der Waals surface area contributed by atoms with Gasteiger partial charge in [0.25, 0.3) is 0 Å². The third-order valence-corrected chi connectivity index (χ3v) is 15.0. The summed E-state index contributed by atoms with van der Waals surface area (Å²) >= 11 is 0. The zero-order valence-electron chi connectivity index (χ0n) is 39.7. The van der Waals surface area contributed by atoms with Gasteiger partial charge in [-0.15, -0.1) is 0 Å². The lowest BCUT2D eigenvalue weighted by Crippen LogP contribution is -2.30. The summed E-state index contributed by atoms with van der Waals surface area (Å²) in [4.78, 5) is 10.7. The Hall–Kier alpha value is -9.31. The van der Waals surface area contributed by atoms with Crippen molar-refractivity contribution in [1.29, 1.82) is 0 Å². The van der Waals surface area contributed by atoms with Gasteiger partial charge in [0.15, 0.2) is 0 Å². The molecule has 1 aliphatic heterocycles. The molecule has 1 unspecified atom stereocenters. The van der Waals surface area contributed by atoms with E-state index in [1.54, 1.807) is 0 Å². The average Bonchev–Trinajstić information content (AvgIpc) is 3.77. The Morgan fingerprint density at radius 3 is 1.29 bits per heavy atom. The highest BCUT2D eigenvalue weighted by Gasteiger charge is 2.39. The van der Waals surface area contributed by atoms with E-state index in [1.807, 2.05) is 0 Å². The number of aromatic nitrogens is 1. The molecule has 0 aliphatic carbocycles. The van der Waals surface area contributed by atoms with E-state index < -0.39 is 0 Å². The minimum atomic E-state index is -0.0886. The summed E-state index contributed by atoms with van der Waals surface area (Å²) in [6, 6.07) is 95.4. The molecule has 13 aromatic rings. The van der Waals surface area contributed by atoms with Crippen molar-refractivity contribution < 1.29 is 0 Å². The van der Waals surface area contributed by atoms with Gasteiger partial charge in [0.05, 0.1) is 22.6 Å². The second kappa shape index (κ2) is 17.0. The van der Waals surface area contributed by atoms with Gasteiger partial charge in [-0.2, -0.15) is 0 Å². The second-order valence-electron chi connectivity index (χ2n) is 19.0. The zero-order chi connectivity index (χ0) is 47.7. The highest BCUT2D eigenvalue weighted by molar-refractivity contribution is 6.23. The lowest BCUT2D eigenvalue weighted by molar-refractivity contribution is 0.385. The van der Waals surface area contributed by atoms with Crippen molar-refractivity contribution >= 4 is 81.8 Å². The first-order chi connectivity index (χ1) is 35.7. The molecule has 0 saturated carbocycles. The molecule has 0 N–H and O–H groups in total. The Morgan fingerprint density at radius 1 is 0.319 bits per heavy atom. The Kier molecular flexibility index (Phi) is 9.82. The predicted octanol–water partition coefficient (Wildman–Crippen LogP) is 18.0. The van der Waals surface area contributed by atoms with E-state index in [0.717, 1.165) is 44.4 Å². The van der Waals surface area contributed by atoms with Crippen LogP contribution in [0.1, 0.15) is 22.9 Å². The van der Waals surface area contributed by atoms with Crippen molar-refractivity contribution in [3.8, 4) is 33.5 Å². The number of rotatable bonds is 7. The van der Waals surface area contributed by atoms with Gasteiger partial charge in [-0.25, -0.2) is 4.98 Å². The fraction of sp³-hybridized carbons (Fsp3) is 0.0290. The maximum absolute atomic E-state index is 5.73. The van der Waals surface area contributed by atoms with E-state index in [-0.39, 0.29) is 6.17 Å². The molecule has 0 spiro atoms. The molecule has 2 heterocycles. The lowest BCUT2D eigenvalue weighted by atomic mass is 9.86. The summed E-state index contributed by atoms with van der Waals surface area (Å²) in [5.41, 5.74) is 14.8. The van der Waals surface area contributed by atoms with Crippen LogP contribution in [0, 0.1) is 0 Å². The van der Waals surface area contributed by atoms with Crippen molar-refractivity contribution in [2.24, 2.45) is 0 Å². The molecule has 14 rings (SSSR count). The number of hydrogen-bond donors (Lipinski definition) is 0. The van der Waals surface area contributed by atoms with Crippen molar-refractivity contribution in [3.05, 3.63) is 278 Å². The number of anilines is 1. The SMILES string of the molecule is CN1C(c2ccccc2)=C(c2ccccc2)N(c2ccc(-c3cc(-c4cc5ccccc5c5ccccc45)c4cc(-c5cc6ccccc6c6ccccc56)c5ccccc5c4n3)cc2)C1c1ccccc1. The topological polar surface area (TPSA) is 19.4 Å². The summed E-state index contributed by atoms with van der Waals surface area (Å²) in [6.45, 7) is 0. The Morgan fingerprint density at radius 2 is 0.736 bits per heavy atom. The minimum absolute atomic E-state index is 0.0886. The van der Waals surface area contributed by atoms with Crippen LogP contribution in [0.2, 0.25) is 0 Å². The molecular formula is C69H47N3. The summed E-state index contributed by atoms with van der Waals surface area (Å²) in [5.74, 6) is 0. The van der Waals surface area contributed by atoms with Crippen LogP contribution in [0.3, 0.4) is 0 Å². The fourth-order valence-corrected chi connectivity index (χ4v) is 11.8. The summed E-state index contributed by atoms with van der Waals surface area (Å²) in [6.07, 6.45) is -0.0886. The smallest absolute Gasteiger partial charge is 0.132 e. The van der Waals surface area contributed by atoms with Crippen LogP contribution in [0.4, 0.5) is 5.69 Å². The van der Waals surface area contributed by atoms with Gasteiger partial charge in [0.2, 0.25) is 0 Å². The van der Waals surface area contributed by atoms with Crippen LogP contribution in [0.15, 0.2) is 261 Å². The minimum Gasteiger partial charge on any atom is -0.348 e. The summed E-state index contributed by atoms with van der Waals surface area (Å²) < 4.78 is 0. The maximum Gasteiger partial charge on any atom is 0.132 e. The second-order valence-corrected chi connectivity index (χ2v) is 19.0. The van der Waals surface area contributed by atoms with Crippen LogP contribution < -0.4 is 4.90 Å². The number of hydrogen-bond acceptors (Lipinski definition) is 3. The molecular weight excluding hydrogens is 871 g/mol. The molecule has 1 atom stereocenters. The lowest BCUT2D eigenvalue weighted by Gasteiger charge is -2.33. The highest BCUT2D eigenvalue weighted by Crippen LogP contribution is 2.50. The van der Waals surface area contributed by atoms with E-state index in [0.29, 0.717) is 0 Å². The van der Waals surface area contributed by atoms with E-state index in [2.05, 4.69) is 278 Å². The quantitative estimate of drug-likeness (QED) is 0.149. The largest absolute Gasteiger partial charge is 0.348 e. The van der Waals surface area contributed by atoms with E-state index in [9.17, 15) is 0 Å². The van der Waals surface area contributed by atoms with Crippen LogP contribution in [0.25, 0.3) is 110 Å². The van der Waals surface area contributed by atoms with Crippen LogP contribution >= 0.6 is 0 Å². The van der Waals surface area contributed by atoms with Gasteiger partial charge >= 0.3 is 0 Å². The average molecular weight is 918 g/mol. The van der Waals surface area contributed by atoms with Gasteiger partial charge in [0, 0.05) is 40.2 Å². The van der Waals surface area contributed by atoms with E-state index >= 15 is 0 Å². The Labute approximate surface area is 418 Å². The summed E-state index contributed by atoms with van der Waals surface area (Å²) in [5, 5.41) is 13.3. The van der Waals surface area contributed by atoms with Gasteiger partial charge in [0.1, 0.15) is 6.17 Å². The zero-order valence-corrected chi connectivity index (χ0v) is 39.7. The van der Waals surface area contributed by atoms with Crippen molar-refractivity contribution in [2.75, 3.05) is 11.9 Å². The molecule has 3 heteroatoms. The molecule has 0 fully saturated rings. The number of benzene rings is 12. The molecule has 0 saturated heterocycles. The van der Waals surface area contributed by atoms with Crippen molar-refractivity contribution in [2.45, 2.75) is 6.17 Å². The van der Waals surface area contributed by atoms with Gasteiger partial charge < -0.3 is 9.80 Å². The normalized spacial score (nSPS) is 13.9. The molecule has 0 bridgehead atoms. The molecule has 0 radical (unpaired) electrons. The first kappa shape index (κ1) is 41.6. The van der Waals surface area contributed by atoms with Gasteiger partial charge in [-0.1, -0.05) is 224 Å². The standard InChI is InChI=1S/C69H47N3/c1-71-67(46-21-5-2-6-22-46)68(47-23-7-3-8-24-47)72(69(71)48-25-9-4-10-26-48)51-39-37-45(38-40-51)65-44-63(61-42-50-28-12-14-30-53(50)55-32-16-18-34-57(55)61)64-43-62(58-35-19-20-36-59(58)66(64)70-65)60-41-49-27-11-13-29-52(49)54-31-15-17-33-56(54)60/h2-44,69H,1H3. The number of nitrogens with zero attached hydrogens (tertiary/aromatic N) is 3. The van der Waals surface area contributed by atoms with Gasteiger partial charge in [-0.05, 0) is 113 Å². The third-order valence-electron chi connectivity index (χ3n) is 15.0. The van der Waals surface area contributed by atoms with Crippen LogP contribution in [0.5, 0.6) is 0 Å². The molecule has 12 aromatic carbocycles. The molecule has 3 nitrogen and oxygen atoms in total. The number of fused-ring (bicyclic) bond motifs is 9. The molecule has 1 aromatic heterocycles. The van der Waals surface area contributed by atoms with Gasteiger partial charge in [-0.3, -0.25) is 0 Å². The Balaban J connectivity index is 1.02. The Bertz CT molecular complexity index is 4280. The predicted molar refractivity (Wildman–Crippen MR) is 305 cm³/mol. The van der Waals surface area contributed by atoms with Crippen molar-refractivity contribution in [1.82, 2.24) is 9.88 Å². The molecule has 0 amide bonds. The van der Waals surface area contributed by atoms with E-state index in [4.69, 9.17) is 4.98 Å². The molecule has 338 valence electrons. The monoisotopic (exact) mass is 917 g/mol. The molecule has 72 heavy (non-hydrogen) atoms. The highest BCUT2D eigenvalue weighted by atomic mass is 15.4. The van der Waals surface area contributed by atoms with Crippen LogP contribution in [-0.4, -0.2) is 16.9 Å². The third kappa shape index (κ3) is 6.70. The fourth-order valence-electron chi connectivity index (χ4n) is 11.8.